The van der Waals surface area contributed by atoms with Gasteiger partial charge in [0.1, 0.15) is 6.07 Å². The molecule has 0 atom stereocenters. The van der Waals surface area contributed by atoms with Crippen LogP contribution in [0.1, 0.15) is 25.3 Å². The molecule has 84 valence electrons. The summed E-state index contributed by atoms with van der Waals surface area (Å²) in [6.07, 6.45) is 4.81. The van der Waals surface area contributed by atoms with Gasteiger partial charge in [0.2, 0.25) is 0 Å². The number of piperidine rings is 1. The minimum absolute atomic E-state index is 0.564. The third-order valence-corrected chi connectivity index (χ3v) is 3.10. The standard InChI is InChI=1S/C12H15N3O/c1-12(16)3-6-15(7-4-12)11-9-14-5-2-10(11)8-13/h2,5,9,16H,3-4,6-7H2,1H3. The van der Waals surface area contributed by atoms with E-state index >= 15 is 0 Å². The van der Waals surface area contributed by atoms with Crippen molar-refractivity contribution in [1.29, 1.82) is 5.26 Å². The van der Waals surface area contributed by atoms with Crippen LogP contribution in [-0.2, 0) is 0 Å². The summed E-state index contributed by atoms with van der Waals surface area (Å²) in [6, 6.07) is 3.89. The number of nitriles is 1. The molecule has 1 aromatic rings. The molecule has 1 aliphatic heterocycles. The van der Waals surface area contributed by atoms with Crippen LogP contribution in [0.3, 0.4) is 0 Å². The average Bonchev–Trinajstić information content (AvgIpc) is 2.29. The summed E-state index contributed by atoms with van der Waals surface area (Å²) >= 11 is 0. The second-order valence-corrected chi connectivity index (χ2v) is 4.49. The van der Waals surface area contributed by atoms with Crippen molar-refractivity contribution in [2.45, 2.75) is 25.4 Å². The van der Waals surface area contributed by atoms with E-state index < -0.39 is 5.60 Å². The fraction of sp³-hybridized carbons (Fsp3) is 0.500. The molecule has 0 bridgehead atoms. The number of aromatic nitrogens is 1. The van der Waals surface area contributed by atoms with E-state index in [2.05, 4.69) is 16.0 Å². The lowest BCUT2D eigenvalue weighted by Crippen LogP contribution is -2.42. The second kappa shape index (κ2) is 4.11. The quantitative estimate of drug-likeness (QED) is 0.770. The first-order chi connectivity index (χ1) is 7.62. The van der Waals surface area contributed by atoms with Gasteiger partial charge in [-0.15, -0.1) is 0 Å². The highest BCUT2D eigenvalue weighted by atomic mass is 16.3. The van der Waals surface area contributed by atoms with Crippen molar-refractivity contribution in [3.8, 4) is 6.07 Å². The van der Waals surface area contributed by atoms with Crippen molar-refractivity contribution in [1.82, 2.24) is 4.98 Å². The zero-order valence-electron chi connectivity index (χ0n) is 9.35. The van der Waals surface area contributed by atoms with Crippen molar-refractivity contribution >= 4 is 5.69 Å². The molecule has 1 saturated heterocycles. The SMILES string of the molecule is CC1(O)CCN(c2cnccc2C#N)CC1. The maximum Gasteiger partial charge on any atom is 0.101 e. The van der Waals surface area contributed by atoms with Gasteiger partial charge in [-0.05, 0) is 25.8 Å². The van der Waals surface area contributed by atoms with Crippen molar-refractivity contribution in [2.24, 2.45) is 0 Å². The van der Waals surface area contributed by atoms with E-state index in [1.165, 1.54) is 0 Å². The van der Waals surface area contributed by atoms with Crippen LogP contribution in [0.25, 0.3) is 0 Å². The first-order valence-electron chi connectivity index (χ1n) is 5.44. The molecular weight excluding hydrogens is 202 g/mol. The maximum absolute atomic E-state index is 9.86. The number of aliphatic hydroxyl groups is 1. The summed E-state index contributed by atoms with van der Waals surface area (Å²) in [5.74, 6) is 0. The molecule has 2 rings (SSSR count). The number of hydrogen-bond donors (Lipinski definition) is 1. The van der Waals surface area contributed by atoms with E-state index in [1.807, 2.05) is 6.92 Å². The maximum atomic E-state index is 9.86. The Hall–Kier alpha value is -1.60. The van der Waals surface area contributed by atoms with Crippen LogP contribution in [0.4, 0.5) is 5.69 Å². The predicted octanol–water partition coefficient (Wildman–Crippen LogP) is 1.30. The van der Waals surface area contributed by atoms with Crippen LogP contribution < -0.4 is 4.90 Å². The van der Waals surface area contributed by atoms with E-state index in [-0.39, 0.29) is 0 Å². The summed E-state index contributed by atoms with van der Waals surface area (Å²) in [5, 5.41) is 18.9. The topological polar surface area (TPSA) is 60.1 Å². The molecule has 0 saturated carbocycles. The first kappa shape index (κ1) is 10.9. The smallest absolute Gasteiger partial charge is 0.101 e. The Kier molecular flexibility index (Phi) is 2.80. The van der Waals surface area contributed by atoms with Gasteiger partial charge in [-0.2, -0.15) is 5.26 Å². The molecule has 4 nitrogen and oxygen atoms in total. The molecule has 1 fully saturated rings. The highest BCUT2D eigenvalue weighted by Crippen LogP contribution is 2.27. The summed E-state index contributed by atoms with van der Waals surface area (Å²) in [4.78, 5) is 6.16. The Morgan fingerprint density at radius 3 is 2.81 bits per heavy atom. The molecule has 0 radical (unpaired) electrons. The fourth-order valence-corrected chi connectivity index (χ4v) is 1.96. The number of anilines is 1. The van der Waals surface area contributed by atoms with E-state index in [0.29, 0.717) is 5.56 Å². The van der Waals surface area contributed by atoms with E-state index in [0.717, 1.165) is 31.6 Å². The van der Waals surface area contributed by atoms with Crippen LogP contribution in [0.5, 0.6) is 0 Å². The van der Waals surface area contributed by atoms with Crippen molar-refractivity contribution in [3.05, 3.63) is 24.0 Å². The summed E-state index contributed by atoms with van der Waals surface area (Å²) in [6.45, 7) is 3.40. The highest BCUT2D eigenvalue weighted by molar-refractivity contribution is 5.57. The lowest BCUT2D eigenvalue weighted by Gasteiger charge is -2.37. The monoisotopic (exact) mass is 217 g/mol. The predicted molar refractivity (Wildman–Crippen MR) is 61.0 cm³/mol. The molecule has 2 heterocycles. The number of nitrogens with zero attached hydrogens (tertiary/aromatic N) is 3. The summed E-state index contributed by atoms with van der Waals surface area (Å²) in [7, 11) is 0. The van der Waals surface area contributed by atoms with Crippen molar-refractivity contribution in [2.75, 3.05) is 18.0 Å². The molecule has 0 unspecified atom stereocenters. The summed E-state index contributed by atoms with van der Waals surface area (Å²) in [5.41, 5.74) is 0.961. The lowest BCUT2D eigenvalue weighted by atomic mass is 9.93. The molecule has 16 heavy (non-hydrogen) atoms. The molecule has 0 aliphatic carbocycles. The lowest BCUT2D eigenvalue weighted by molar-refractivity contribution is 0.0351. The molecule has 4 heteroatoms. The van der Waals surface area contributed by atoms with Crippen LogP contribution in [0.2, 0.25) is 0 Å². The Labute approximate surface area is 95.1 Å². The molecule has 1 N–H and O–H groups in total. The van der Waals surface area contributed by atoms with Gasteiger partial charge in [0.05, 0.1) is 23.0 Å². The van der Waals surface area contributed by atoms with Crippen LogP contribution in [0.15, 0.2) is 18.5 Å². The molecule has 0 amide bonds. The van der Waals surface area contributed by atoms with Crippen molar-refractivity contribution in [3.63, 3.8) is 0 Å². The number of rotatable bonds is 1. The minimum atomic E-state index is -0.564. The summed E-state index contributed by atoms with van der Waals surface area (Å²) < 4.78 is 0. The average molecular weight is 217 g/mol. The normalized spacial score (nSPS) is 19.2. The molecular formula is C12H15N3O. The van der Waals surface area contributed by atoms with Crippen LogP contribution in [-0.4, -0.2) is 28.8 Å². The molecule has 1 aliphatic rings. The van der Waals surface area contributed by atoms with Gasteiger partial charge in [0, 0.05) is 19.3 Å². The number of pyridine rings is 1. The Balaban J connectivity index is 2.18. The van der Waals surface area contributed by atoms with E-state index in [1.54, 1.807) is 18.5 Å². The zero-order valence-corrected chi connectivity index (χ0v) is 9.35. The van der Waals surface area contributed by atoms with Gasteiger partial charge in [-0.1, -0.05) is 0 Å². The molecule has 1 aromatic heterocycles. The van der Waals surface area contributed by atoms with Gasteiger partial charge < -0.3 is 10.0 Å². The van der Waals surface area contributed by atoms with E-state index in [4.69, 9.17) is 5.26 Å². The van der Waals surface area contributed by atoms with Gasteiger partial charge in [0.25, 0.3) is 0 Å². The fourth-order valence-electron chi connectivity index (χ4n) is 1.96. The highest BCUT2D eigenvalue weighted by Gasteiger charge is 2.28. The van der Waals surface area contributed by atoms with E-state index in [9.17, 15) is 5.11 Å². The second-order valence-electron chi connectivity index (χ2n) is 4.49. The third-order valence-electron chi connectivity index (χ3n) is 3.10. The Morgan fingerprint density at radius 1 is 1.50 bits per heavy atom. The Morgan fingerprint density at radius 2 is 2.19 bits per heavy atom. The minimum Gasteiger partial charge on any atom is -0.390 e. The van der Waals surface area contributed by atoms with Crippen molar-refractivity contribution < 1.29 is 5.11 Å². The molecule has 0 spiro atoms. The van der Waals surface area contributed by atoms with Gasteiger partial charge in [0.15, 0.2) is 0 Å². The first-order valence-corrected chi connectivity index (χ1v) is 5.44. The molecule has 0 aromatic carbocycles. The largest absolute Gasteiger partial charge is 0.390 e. The van der Waals surface area contributed by atoms with Gasteiger partial charge in [-0.3, -0.25) is 4.98 Å². The zero-order chi connectivity index (χ0) is 11.6. The van der Waals surface area contributed by atoms with Gasteiger partial charge >= 0.3 is 0 Å². The van der Waals surface area contributed by atoms with Crippen LogP contribution >= 0.6 is 0 Å². The Bertz CT molecular complexity index is 413. The van der Waals surface area contributed by atoms with Gasteiger partial charge in [-0.25, -0.2) is 0 Å². The third kappa shape index (κ3) is 2.15. The number of hydrogen-bond acceptors (Lipinski definition) is 4. The van der Waals surface area contributed by atoms with Crippen LogP contribution in [0, 0.1) is 11.3 Å².